The van der Waals surface area contributed by atoms with Crippen molar-refractivity contribution in [1.29, 1.82) is 0 Å². The summed E-state index contributed by atoms with van der Waals surface area (Å²) in [5.74, 6) is -0.833. The van der Waals surface area contributed by atoms with Crippen LogP contribution in [0.25, 0.3) is 32.3 Å². The zero-order valence-electron chi connectivity index (χ0n) is 15.9. The maximum atomic E-state index is 9.00. The number of benzene rings is 4. The van der Waals surface area contributed by atoms with Gasteiger partial charge in [-0.25, -0.2) is 0 Å². The van der Waals surface area contributed by atoms with Gasteiger partial charge in [0.1, 0.15) is 0 Å². The van der Waals surface area contributed by atoms with Crippen molar-refractivity contribution in [2.45, 2.75) is 11.8 Å². The van der Waals surface area contributed by atoms with Crippen molar-refractivity contribution < 1.29 is 18.2 Å². The molecular formula is C20H20CaO3S. The normalized spacial score (nSPS) is 9.68. The first-order valence-electron chi connectivity index (χ1n) is 7.29. The van der Waals surface area contributed by atoms with Gasteiger partial charge in [-0.15, -0.1) is 12.6 Å². The quantitative estimate of drug-likeness (QED) is 0.203. The molecule has 0 bridgehead atoms. The molecule has 25 heavy (non-hydrogen) atoms. The number of carboxylic acids is 1. The van der Waals surface area contributed by atoms with Crippen LogP contribution in [-0.4, -0.2) is 54.3 Å². The Labute approximate surface area is 184 Å². The molecule has 0 spiro atoms. The van der Waals surface area contributed by atoms with Gasteiger partial charge in [0.05, 0.1) is 0 Å². The Morgan fingerprint density at radius 3 is 2.04 bits per heavy atom. The molecule has 0 amide bonds. The van der Waals surface area contributed by atoms with Gasteiger partial charge in [0.15, 0.2) is 0 Å². The van der Waals surface area contributed by atoms with Gasteiger partial charge in [0.25, 0.3) is 5.97 Å². The van der Waals surface area contributed by atoms with Crippen LogP contribution >= 0.6 is 12.6 Å². The van der Waals surface area contributed by atoms with E-state index in [0.29, 0.717) is 0 Å². The van der Waals surface area contributed by atoms with Gasteiger partial charge in [0.2, 0.25) is 0 Å². The van der Waals surface area contributed by atoms with E-state index in [1.165, 1.54) is 32.3 Å². The zero-order valence-corrected chi connectivity index (χ0v) is 17.0. The predicted octanol–water partition coefficient (Wildman–Crippen LogP) is 4.55. The third-order valence-electron chi connectivity index (χ3n) is 3.70. The molecule has 4 aromatic carbocycles. The van der Waals surface area contributed by atoms with Crippen molar-refractivity contribution >= 4 is 88.7 Å². The van der Waals surface area contributed by atoms with Crippen molar-refractivity contribution in [2.75, 3.05) is 0 Å². The second-order valence-corrected chi connectivity index (χ2v) is 5.86. The van der Waals surface area contributed by atoms with E-state index in [9.17, 15) is 0 Å². The van der Waals surface area contributed by atoms with Crippen molar-refractivity contribution in [3.8, 4) is 0 Å². The summed E-state index contributed by atoms with van der Waals surface area (Å²) in [5, 5.41) is 15.0. The minimum atomic E-state index is -0.833. The fourth-order valence-electron chi connectivity index (χ4n) is 2.78. The first-order valence-corrected chi connectivity index (χ1v) is 7.74. The predicted molar refractivity (Wildman–Crippen MR) is 111 cm³/mol. The summed E-state index contributed by atoms with van der Waals surface area (Å²) >= 11 is 4.62. The SMILES string of the molecule is CC(=O)O.O.Sc1cccc2ccc3cc4ccccc4cc3c12.[Ca+2].[H-].[H-]. The number of carboxylic acid groups (broad SMARTS) is 1. The molecule has 0 radical (unpaired) electrons. The molecule has 4 rings (SSSR count). The van der Waals surface area contributed by atoms with Crippen LogP contribution in [0.5, 0.6) is 0 Å². The molecule has 126 valence electrons. The van der Waals surface area contributed by atoms with Crippen molar-refractivity contribution in [3.63, 3.8) is 0 Å². The molecule has 5 heteroatoms. The van der Waals surface area contributed by atoms with E-state index in [0.717, 1.165) is 11.8 Å². The summed E-state index contributed by atoms with van der Waals surface area (Å²) in [4.78, 5) is 10.0. The molecule has 4 aromatic rings. The Hall–Kier alpha value is -1.30. The molecular weight excluding hydrogens is 360 g/mol. The van der Waals surface area contributed by atoms with Crippen LogP contribution < -0.4 is 0 Å². The van der Waals surface area contributed by atoms with Crippen LogP contribution in [0.1, 0.15) is 9.78 Å². The number of fused-ring (bicyclic) bond motifs is 4. The first-order chi connectivity index (χ1) is 11.1. The van der Waals surface area contributed by atoms with Gasteiger partial charge in [-0.3, -0.25) is 4.79 Å². The van der Waals surface area contributed by atoms with Crippen LogP contribution in [-0.2, 0) is 4.79 Å². The van der Waals surface area contributed by atoms with Crippen LogP contribution in [0, 0.1) is 0 Å². The van der Waals surface area contributed by atoms with Crippen molar-refractivity contribution in [3.05, 3.63) is 66.7 Å². The molecule has 0 fully saturated rings. The van der Waals surface area contributed by atoms with Gasteiger partial charge in [-0.1, -0.05) is 48.5 Å². The average molecular weight is 381 g/mol. The largest absolute Gasteiger partial charge is 2.00 e. The number of aliphatic carboxylic acids is 1. The van der Waals surface area contributed by atoms with Crippen LogP contribution in [0.4, 0.5) is 0 Å². The van der Waals surface area contributed by atoms with Crippen LogP contribution in [0.3, 0.4) is 0 Å². The minimum absolute atomic E-state index is 0. The van der Waals surface area contributed by atoms with Gasteiger partial charge >= 0.3 is 37.7 Å². The van der Waals surface area contributed by atoms with E-state index < -0.39 is 5.97 Å². The Morgan fingerprint density at radius 2 is 1.40 bits per heavy atom. The molecule has 0 saturated carbocycles. The molecule has 3 nitrogen and oxygen atoms in total. The molecule has 0 unspecified atom stereocenters. The maximum absolute atomic E-state index is 9.00. The fraction of sp³-hybridized carbons (Fsp3) is 0.0500. The van der Waals surface area contributed by atoms with Gasteiger partial charge in [0, 0.05) is 17.2 Å². The smallest absolute Gasteiger partial charge is 1.00 e. The Bertz CT molecular complexity index is 1040. The molecule has 0 aliphatic heterocycles. The number of rotatable bonds is 0. The van der Waals surface area contributed by atoms with E-state index in [1.54, 1.807) is 0 Å². The minimum Gasteiger partial charge on any atom is -1.00 e. The molecule has 0 aliphatic rings. The summed E-state index contributed by atoms with van der Waals surface area (Å²) in [5.41, 5.74) is 0. The average Bonchev–Trinajstić information content (AvgIpc) is 2.52. The van der Waals surface area contributed by atoms with E-state index >= 15 is 0 Å². The molecule has 0 saturated heterocycles. The summed E-state index contributed by atoms with van der Waals surface area (Å²) in [6.07, 6.45) is 0. The summed E-state index contributed by atoms with van der Waals surface area (Å²) in [7, 11) is 0. The number of hydrogen-bond donors (Lipinski definition) is 2. The number of carbonyl (C=O) groups is 1. The first kappa shape index (κ1) is 21.7. The van der Waals surface area contributed by atoms with E-state index in [-0.39, 0.29) is 46.1 Å². The molecule has 0 aromatic heterocycles. The van der Waals surface area contributed by atoms with E-state index in [2.05, 4.69) is 79.4 Å². The fourth-order valence-corrected chi connectivity index (χ4v) is 3.12. The van der Waals surface area contributed by atoms with Gasteiger partial charge in [-0.2, -0.15) is 0 Å². The summed E-state index contributed by atoms with van der Waals surface area (Å²) in [6, 6.07) is 23.6. The summed E-state index contributed by atoms with van der Waals surface area (Å²) in [6.45, 7) is 1.08. The topological polar surface area (TPSA) is 68.8 Å². The number of thiol groups is 1. The molecule has 0 aliphatic carbocycles. The molecule has 0 atom stereocenters. The van der Waals surface area contributed by atoms with E-state index in [4.69, 9.17) is 9.90 Å². The third kappa shape index (κ3) is 4.87. The maximum Gasteiger partial charge on any atom is 2.00 e. The standard InChI is InChI=1S/C18H12S.C2H4O2.Ca.H2O.2H/c19-17-7-3-6-12-8-9-15-10-13-4-1-2-5-14(13)11-16(15)18(12)17;1-2(3)4;;;;/h1-11,19H;1H3,(H,3,4);;1H2;;/q;;+2;;2*-1. The van der Waals surface area contributed by atoms with Crippen LogP contribution in [0.15, 0.2) is 71.6 Å². The van der Waals surface area contributed by atoms with Crippen LogP contribution in [0.2, 0.25) is 0 Å². The van der Waals surface area contributed by atoms with Gasteiger partial charge in [-0.05, 0) is 45.1 Å². The Kier molecular flexibility index (Phi) is 8.19. The van der Waals surface area contributed by atoms with Gasteiger partial charge < -0.3 is 13.4 Å². The molecule has 0 heterocycles. The van der Waals surface area contributed by atoms with Crippen molar-refractivity contribution in [2.24, 2.45) is 0 Å². The Balaban J connectivity index is 0. The number of hydrogen-bond acceptors (Lipinski definition) is 2. The Morgan fingerprint density at radius 1 is 0.880 bits per heavy atom. The monoisotopic (exact) mass is 380 g/mol. The van der Waals surface area contributed by atoms with Crippen molar-refractivity contribution in [1.82, 2.24) is 0 Å². The molecule has 3 N–H and O–H groups in total. The summed E-state index contributed by atoms with van der Waals surface area (Å²) < 4.78 is 0. The zero-order chi connectivity index (χ0) is 16.4. The second kappa shape index (κ2) is 9.41. The second-order valence-electron chi connectivity index (χ2n) is 5.38. The third-order valence-corrected chi connectivity index (χ3v) is 4.08. The van der Waals surface area contributed by atoms with E-state index in [1.807, 2.05) is 0 Å².